The maximum absolute atomic E-state index is 5.21. The van der Waals surface area contributed by atoms with E-state index in [4.69, 9.17) is 12.3 Å². The van der Waals surface area contributed by atoms with Crippen LogP contribution in [-0.4, -0.2) is 6.61 Å². The molecule has 2 nitrogen and oxygen atoms in total. The van der Waals surface area contributed by atoms with Gasteiger partial charge in [0.1, 0.15) is 0 Å². The van der Waals surface area contributed by atoms with Crippen LogP contribution in [0.5, 0.6) is 0 Å². The smallest absolute Gasteiger partial charge is 0.0719 e. The highest BCUT2D eigenvalue weighted by Crippen LogP contribution is 2.03. The molecular weight excluding hydrogens is 150 g/mol. The Labute approximate surface area is 72.3 Å². The predicted octanol–water partition coefficient (Wildman–Crippen LogP) is 1.10. The molecule has 0 aliphatic carbocycles. The van der Waals surface area contributed by atoms with Crippen LogP contribution in [0, 0.1) is 12.3 Å². The van der Waals surface area contributed by atoms with Crippen molar-refractivity contribution in [2.45, 2.75) is 6.42 Å². The topological polar surface area (TPSA) is 35.2 Å². The van der Waals surface area contributed by atoms with Crippen molar-refractivity contribution in [3.05, 3.63) is 35.4 Å². The van der Waals surface area contributed by atoms with Crippen LogP contribution < -0.4 is 5.90 Å². The van der Waals surface area contributed by atoms with E-state index in [-0.39, 0.29) is 0 Å². The van der Waals surface area contributed by atoms with E-state index < -0.39 is 0 Å². The van der Waals surface area contributed by atoms with Gasteiger partial charge < -0.3 is 4.84 Å². The Morgan fingerprint density at radius 2 is 2.00 bits per heavy atom. The summed E-state index contributed by atoms with van der Waals surface area (Å²) >= 11 is 0. The van der Waals surface area contributed by atoms with Gasteiger partial charge in [-0.3, -0.25) is 0 Å². The van der Waals surface area contributed by atoms with Gasteiger partial charge in [0, 0.05) is 5.56 Å². The average Bonchev–Trinajstić information content (AvgIpc) is 2.15. The fourth-order valence-electron chi connectivity index (χ4n) is 0.944. The van der Waals surface area contributed by atoms with Gasteiger partial charge in [0.15, 0.2) is 0 Å². The SMILES string of the molecule is C#Cc1ccc(CCON)cc1. The summed E-state index contributed by atoms with van der Waals surface area (Å²) in [6.45, 7) is 0.537. The van der Waals surface area contributed by atoms with E-state index >= 15 is 0 Å². The minimum atomic E-state index is 0.537. The molecule has 0 saturated heterocycles. The molecule has 0 unspecified atom stereocenters. The van der Waals surface area contributed by atoms with Gasteiger partial charge in [0.05, 0.1) is 6.61 Å². The normalized spacial score (nSPS) is 9.33. The molecule has 0 spiro atoms. The summed E-state index contributed by atoms with van der Waals surface area (Å²) < 4.78 is 0. The Balaban J connectivity index is 2.60. The Hall–Kier alpha value is -1.30. The molecule has 0 atom stereocenters. The lowest BCUT2D eigenvalue weighted by Gasteiger charge is -1.99. The van der Waals surface area contributed by atoms with E-state index in [9.17, 15) is 0 Å². The second kappa shape index (κ2) is 4.55. The zero-order valence-electron chi connectivity index (χ0n) is 6.79. The van der Waals surface area contributed by atoms with Gasteiger partial charge in [-0.1, -0.05) is 18.1 Å². The van der Waals surface area contributed by atoms with Crippen LogP contribution in [0.25, 0.3) is 0 Å². The first kappa shape index (κ1) is 8.79. The quantitative estimate of drug-likeness (QED) is 0.532. The molecule has 0 saturated carbocycles. The van der Waals surface area contributed by atoms with Crippen LogP contribution >= 0.6 is 0 Å². The largest absolute Gasteiger partial charge is 0.304 e. The van der Waals surface area contributed by atoms with E-state index in [0.717, 1.165) is 12.0 Å². The molecule has 2 N–H and O–H groups in total. The van der Waals surface area contributed by atoms with Crippen molar-refractivity contribution < 1.29 is 4.84 Å². The van der Waals surface area contributed by atoms with Crippen LogP contribution in [0.2, 0.25) is 0 Å². The average molecular weight is 161 g/mol. The summed E-state index contributed by atoms with van der Waals surface area (Å²) in [5.74, 6) is 7.45. The van der Waals surface area contributed by atoms with Crippen LogP contribution in [0.15, 0.2) is 24.3 Å². The maximum atomic E-state index is 5.21. The fourth-order valence-corrected chi connectivity index (χ4v) is 0.944. The highest BCUT2D eigenvalue weighted by molar-refractivity contribution is 5.34. The van der Waals surface area contributed by atoms with Crippen molar-refractivity contribution in [1.29, 1.82) is 0 Å². The van der Waals surface area contributed by atoms with Crippen molar-refractivity contribution in [2.24, 2.45) is 5.90 Å². The first-order chi connectivity index (χ1) is 5.86. The summed E-state index contributed by atoms with van der Waals surface area (Å²) in [6, 6.07) is 7.78. The Kier molecular flexibility index (Phi) is 3.34. The van der Waals surface area contributed by atoms with Crippen LogP contribution in [0.1, 0.15) is 11.1 Å². The van der Waals surface area contributed by atoms with E-state index in [1.807, 2.05) is 24.3 Å². The summed E-state index contributed by atoms with van der Waals surface area (Å²) in [7, 11) is 0. The van der Waals surface area contributed by atoms with Crippen LogP contribution in [-0.2, 0) is 11.3 Å². The monoisotopic (exact) mass is 161 g/mol. The lowest BCUT2D eigenvalue weighted by molar-refractivity contribution is 0.141. The number of hydrogen-bond acceptors (Lipinski definition) is 2. The van der Waals surface area contributed by atoms with Crippen molar-refractivity contribution in [3.8, 4) is 12.3 Å². The molecular formula is C10H11NO. The number of nitrogens with two attached hydrogens (primary N) is 1. The van der Waals surface area contributed by atoms with E-state index in [0.29, 0.717) is 6.61 Å². The third-order valence-electron chi connectivity index (χ3n) is 1.63. The Bertz CT molecular complexity index is 271. The van der Waals surface area contributed by atoms with Gasteiger partial charge in [-0.25, -0.2) is 5.90 Å². The molecule has 0 radical (unpaired) electrons. The fraction of sp³-hybridized carbons (Fsp3) is 0.200. The first-order valence-corrected chi connectivity index (χ1v) is 3.74. The van der Waals surface area contributed by atoms with Crippen molar-refractivity contribution >= 4 is 0 Å². The summed E-state index contributed by atoms with van der Waals surface area (Å²) in [5, 5.41) is 0. The van der Waals surface area contributed by atoms with Crippen molar-refractivity contribution in [3.63, 3.8) is 0 Å². The zero-order chi connectivity index (χ0) is 8.81. The van der Waals surface area contributed by atoms with E-state index in [1.165, 1.54) is 5.56 Å². The molecule has 12 heavy (non-hydrogen) atoms. The van der Waals surface area contributed by atoms with Crippen molar-refractivity contribution in [2.75, 3.05) is 6.61 Å². The zero-order valence-corrected chi connectivity index (χ0v) is 6.79. The van der Waals surface area contributed by atoms with Crippen LogP contribution in [0.3, 0.4) is 0 Å². The minimum Gasteiger partial charge on any atom is -0.304 e. The lowest BCUT2D eigenvalue weighted by Crippen LogP contribution is -2.03. The molecule has 0 bridgehead atoms. The van der Waals surface area contributed by atoms with E-state index in [1.54, 1.807) is 0 Å². The molecule has 1 rings (SSSR count). The standard InChI is InChI=1S/C10H11NO/c1-2-9-3-5-10(6-4-9)7-8-12-11/h1,3-6H,7-8,11H2. The first-order valence-electron chi connectivity index (χ1n) is 3.74. The molecule has 1 aromatic carbocycles. The molecule has 0 aromatic heterocycles. The van der Waals surface area contributed by atoms with Gasteiger partial charge in [-0.15, -0.1) is 6.42 Å². The minimum absolute atomic E-state index is 0.537. The summed E-state index contributed by atoms with van der Waals surface area (Å²) in [6.07, 6.45) is 6.03. The second-order valence-corrected chi connectivity index (χ2v) is 2.46. The number of benzene rings is 1. The van der Waals surface area contributed by atoms with Gasteiger partial charge >= 0.3 is 0 Å². The van der Waals surface area contributed by atoms with Gasteiger partial charge in [0.25, 0.3) is 0 Å². The molecule has 0 aliphatic rings. The number of terminal acetylenes is 1. The van der Waals surface area contributed by atoms with Crippen LogP contribution in [0.4, 0.5) is 0 Å². The third-order valence-corrected chi connectivity index (χ3v) is 1.63. The van der Waals surface area contributed by atoms with Crippen molar-refractivity contribution in [1.82, 2.24) is 0 Å². The summed E-state index contributed by atoms with van der Waals surface area (Å²) in [4.78, 5) is 4.46. The molecule has 62 valence electrons. The highest BCUT2D eigenvalue weighted by atomic mass is 16.6. The van der Waals surface area contributed by atoms with Gasteiger partial charge in [-0.2, -0.15) is 0 Å². The Morgan fingerprint density at radius 3 is 2.50 bits per heavy atom. The van der Waals surface area contributed by atoms with Gasteiger partial charge in [0.2, 0.25) is 0 Å². The maximum Gasteiger partial charge on any atom is 0.0719 e. The number of hydrogen-bond donors (Lipinski definition) is 1. The molecule has 0 aliphatic heterocycles. The second-order valence-electron chi connectivity index (χ2n) is 2.46. The van der Waals surface area contributed by atoms with E-state index in [2.05, 4.69) is 10.8 Å². The summed E-state index contributed by atoms with van der Waals surface area (Å²) in [5.41, 5.74) is 2.08. The molecule has 0 fully saturated rings. The Morgan fingerprint density at radius 1 is 1.33 bits per heavy atom. The molecule has 0 heterocycles. The lowest BCUT2D eigenvalue weighted by atomic mass is 10.1. The molecule has 1 aromatic rings. The predicted molar refractivity (Wildman–Crippen MR) is 48.2 cm³/mol. The molecule has 0 amide bonds. The third kappa shape index (κ3) is 2.39. The molecule has 2 heteroatoms. The van der Waals surface area contributed by atoms with Gasteiger partial charge in [-0.05, 0) is 24.1 Å². The highest BCUT2D eigenvalue weighted by Gasteiger charge is 1.91. The number of rotatable bonds is 3.